The van der Waals surface area contributed by atoms with E-state index in [1.54, 1.807) is 0 Å². The van der Waals surface area contributed by atoms with E-state index in [2.05, 4.69) is 5.32 Å². The number of benzene rings is 2. The minimum Gasteiger partial charge on any atom is -0.393 e. The van der Waals surface area contributed by atoms with Crippen LogP contribution in [0, 0.1) is 11.6 Å². The molecule has 1 amide bonds. The van der Waals surface area contributed by atoms with Crippen molar-refractivity contribution in [2.75, 3.05) is 5.32 Å². The van der Waals surface area contributed by atoms with Crippen molar-refractivity contribution in [3.05, 3.63) is 58.6 Å². The molecule has 1 fully saturated rings. The monoisotopic (exact) mass is 429 g/mol. The van der Waals surface area contributed by atoms with Gasteiger partial charge in [-0.3, -0.25) is 4.79 Å². The Morgan fingerprint density at radius 3 is 2.36 bits per heavy atom. The molecule has 1 saturated carbocycles. The Morgan fingerprint density at radius 2 is 1.71 bits per heavy atom. The van der Waals surface area contributed by atoms with Gasteiger partial charge in [0.2, 0.25) is 0 Å². The van der Waals surface area contributed by atoms with Gasteiger partial charge in [-0.15, -0.1) is 0 Å². The number of carbonyl (C=O) groups excluding carboxylic acids is 1. The van der Waals surface area contributed by atoms with Gasteiger partial charge in [0.25, 0.3) is 5.91 Å². The van der Waals surface area contributed by atoms with Gasteiger partial charge in [0.15, 0.2) is 21.5 Å². The van der Waals surface area contributed by atoms with E-state index in [-0.39, 0.29) is 21.2 Å². The van der Waals surface area contributed by atoms with E-state index in [4.69, 9.17) is 11.6 Å². The molecule has 9 heteroatoms. The van der Waals surface area contributed by atoms with Crippen molar-refractivity contribution in [1.29, 1.82) is 0 Å². The first-order valence-corrected chi connectivity index (χ1v) is 10.6. The molecule has 0 aromatic heterocycles. The second kappa shape index (κ2) is 8.14. The smallest absolute Gasteiger partial charge is 0.255 e. The maximum absolute atomic E-state index is 13.3. The molecule has 28 heavy (non-hydrogen) atoms. The molecule has 150 valence electrons. The highest BCUT2D eigenvalue weighted by Gasteiger charge is 2.33. The minimum absolute atomic E-state index is 0.00417. The zero-order chi connectivity index (χ0) is 20.5. The Morgan fingerprint density at radius 1 is 1.04 bits per heavy atom. The maximum atomic E-state index is 13.3. The van der Waals surface area contributed by atoms with Gasteiger partial charge in [0.1, 0.15) is 0 Å². The molecule has 2 aromatic rings. The summed E-state index contributed by atoms with van der Waals surface area (Å²) in [6.07, 6.45) is 0.890. The fraction of sp³-hybridized carbons (Fsp3) is 0.316. The third-order valence-electron chi connectivity index (χ3n) is 4.76. The van der Waals surface area contributed by atoms with Crippen molar-refractivity contribution in [2.24, 2.45) is 0 Å². The number of aliphatic hydroxyl groups is 1. The van der Waals surface area contributed by atoms with Crippen LogP contribution in [0.25, 0.3) is 0 Å². The summed E-state index contributed by atoms with van der Waals surface area (Å²) in [4.78, 5) is 12.3. The molecule has 0 bridgehead atoms. The van der Waals surface area contributed by atoms with E-state index in [0.29, 0.717) is 25.7 Å². The van der Waals surface area contributed by atoms with E-state index in [1.807, 2.05) is 0 Å². The second-order valence-electron chi connectivity index (χ2n) is 6.70. The first kappa shape index (κ1) is 20.7. The molecule has 0 unspecified atom stereocenters. The molecule has 3 rings (SSSR count). The third kappa shape index (κ3) is 4.34. The first-order valence-electron chi connectivity index (χ1n) is 8.66. The molecule has 2 aromatic carbocycles. The van der Waals surface area contributed by atoms with Crippen LogP contribution in [-0.2, 0) is 9.84 Å². The molecule has 0 radical (unpaired) electrons. The normalized spacial score (nSPS) is 20.0. The Labute approximate surface area is 166 Å². The lowest BCUT2D eigenvalue weighted by Crippen LogP contribution is -2.29. The lowest BCUT2D eigenvalue weighted by molar-refractivity contribution is 0.102. The fourth-order valence-corrected chi connectivity index (χ4v) is 5.50. The van der Waals surface area contributed by atoms with Crippen LogP contribution >= 0.6 is 11.6 Å². The van der Waals surface area contributed by atoms with E-state index in [9.17, 15) is 27.1 Å². The van der Waals surface area contributed by atoms with E-state index in [1.165, 1.54) is 24.3 Å². The van der Waals surface area contributed by atoms with E-state index in [0.717, 1.165) is 12.1 Å². The number of hydrogen-bond acceptors (Lipinski definition) is 4. The number of rotatable bonds is 4. The van der Waals surface area contributed by atoms with Crippen LogP contribution in [0.2, 0.25) is 5.02 Å². The largest absolute Gasteiger partial charge is 0.393 e. The molecule has 1 aliphatic rings. The molecule has 0 saturated heterocycles. The van der Waals surface area contributed by atoms with Gasteiger partial charge in [-0.25, -0.2) is 17.2 Å². The van der Waals surface area contributed by atoms with Crippen LogP contribution in [-0.4, -0.2) is 30.8 Å². The van der Waals surface area contributed by atoms with Crippen LogP contribution in [0.15, 0.2) is 41.3 Å². The quantitative estimate of drug-likeness (QED) is 0.770. The highest BCUT2D eigenvalue weighted by molar-refractivity contribution is 7.92. The van der Waals surface area contributed by atoms with Gasteiger partial charge in [0.05, 0.1) is 21.3 Å². The third-order valence-corrected chi connectivity index (χ3v) is 7.50. The van der Waals surface area contributed by atoms with Crippen LogP contribution in [0.1, 0.15) is 36.0 Å². The predicted molar refractivity (Wildman–Crippen MR) is 101 cm³/mol. The van der Waals surface area contributed by atoms with Crippen molar-refractivity contribution in [2.45, 2.75) is 41.9 Å². The standard InChI is InChI=1S/C19H18ClF2NO4S/c20-15-7-1-11(19(25)23-12-2-8-16(21)17(22)10-12)9-18(15)28(26,27)14-5-3-13(24)4-6-14/h1-2,7-10,13-14,24H,3-6H2,(H,23,25)/t13-,14-. The molecule has 0 spiro atoms. The molecule has 2 N–H and O–H groups in total. The van der Waals surface area contributed by atoms with E-state index < -0.39 is 38.7 Å². The molecule has 0 heterocycles. The Hall–Kier alpha value is -2.03. The van der Waals surface area contributed by atoms with Crippen molar-refractivity contribution in [3.8, 4) is 0 Å². The predicted octanol–water partition coefficient (Wildman–Crippen LogP) is 3.95. The number of amides is 1. The van der Waals surface area contributed by atoms with Gasteiger partial charge in [-0.05, 0) is 56.0 Å². The summed E-state index contributed by atoms with van der Waals surface area (Å²) in [7, 11) is -3.79. The van der Waals surface area contributed by atoms with Gasteiger partial charge in [0, 0.05) is 17.3 Å². The highest BCUT2D eigenvalue weighted by atomic mass is 35.5. The summed E-state index contributed by atoms with van der Waals surface area (Å²) < 4.78 is 52.2. The highest BCUT2D eigenvalue weighted by Crippen LogP contribution is 2.33. The van der Waals surface area contributed by atoms with Crippen LogP contribution in [0.3, 0.4) is 0 Å². The summed E-state index contributed by atoms with van der Waals surface area (Å²) >= 11 is 6.08. The summed E-state index contributed by atoms with van der Waals surface area (Å²) in [5.41, 5.74) is 0.0491. The lowest BCUT2D eigenvalue weighted by atomic mass is 9.97. The summed E-state index contributed by atoms with van der Waals surface area (Å²) in [5.74, 6) is -2.84. The van der Waals surface area contributed by atoms with Crippen molar-refractivity contribution in [3.63, 3.8) is 0 Å². The number of aliphatic hydroxyl groups excluding tert-OH is 1. The van der Waals surface area contributed by atoms with Gasteiger partial charge < -0.3 is 10.4 Å². The minimum atomic E-state index is -3.79. The molecule has 1 aliphatic carbocycles. The Bertz CT molecular complexity index is 1000. The SMILES string of the molecule is O=C(Nc1ccc(F)c(F)c1)c1ccc(Cl)c(S(=O)(=O)[C@H]2CC[C@H](O)CC2)c1. The molecular formula is C19H18ClF2NO4S. The zero-order valence-corrected chi connectivity index (χ0v) is 16.2. The number of halogens is 3. The van der Waals surface area contributed by atoms with Crippen molar-refractivity contribution in [1.82, 2.24) is 0 Å². The van der Waals surface area contributed by atoms with Gasteiger partial charge >= 0.3 is 0 Å². The number of anilines is 1. The first-order chi connectivity index (χ1) is 13.2. The number of carbonyl (C=O) groups is 1. The number of sulfone groups is 1. The van der Waals surface area contributed by atoms with Crippen LogP contribution < -0.4 is 5.32 Å². The maximum Gasteiger partial charge on any atom is 0.255 e. The van der Waals surface area contributed by atoms with Crippen LogP contribution in [0.4, 0.5) is 14.5 Å². The van der Waals surface area contributed by atoms with Crippen molar-refractivity contribution < 1.29 is 27.1 Å². The topological polar surface area (TPSA) is 83.5 Å². The molecule has 0 aliphatic heterocycles. The zero-order valence-electron chi connectivity index (χ0n) is 14.7. The Kier molecular flexibility index (Phi) is 6.02. The van der Waals surface area contributed by atoms with Crippen molar-refractivity contribution >= 4 is 33.0 Å². The van der Waals surface area contributed by atoms with E-state index >= 15 is 0 Å². The van der Waals surface area contributed by atoms with Crippen LogP contribution in [0.5, 0.6) is 0 Å². The second-order valence-corrected chi connectivity index (χ2v) is 9.31. The average molecular weight is 430 g/mol. The van der Waals surface area contributed by atoms with Gasteiger partial charge in [-0.1, -0.05) is 11.6 Å². The molecular weight excluding hydrogens is 412 g/mol. The fourth-order valence-electron chi connectivity index (χ4n) is 3.17. The number of nitrogens with one attached hydrogen (secondary N) is 1. The Balaban J connectivity index is 1.86. The number of hydrogen-bond donors (Lipinski definition) is 2. The summed E-state index contributed by atoms with van der Waals surface area (Å²) in [5, 5.41) is 11.3. The van der Waals surface area contributed by atoms with Gasteiger partial charge in [-0.2, -0.15) is 0 Å². The lowest BCUT2D eigenvalue weighted by Gasteiger charge is -2.25. The molecule has 0 atom stereocenters. The summed E-state index contributed by atoms with van der Waals surface area (Å²) in [6.45, 7) is 0. The average Bonchev–Trinajstić information content (AvgIpc) is 2.65. The summed E-state index contributed by atoms with van der Waals surface area (Å²) in [6, 6.07) is 6.73. The molecule has 5 nitrogen and oxygen atoms in total.